The molecule has 0 aliphatic heterocycles. The Kier molecular flexibility index (Phi) is 4.71. The molecule has 2 rings (SSSR count). The summed E-state index contributed by atoms with van der Waals surface area (Å²) in [5.74, 6) is 0. The molecule has 0 radical (unpaired) electrons. The van der Waals surface area contributed by atoms with Crippen LogP contribution in [-0.2, 0) is 6.42 Å². The largest absolute Gasteiger partial charge is 0.313 e. The molecule has 0 spiro atoms. The van der Waals surface area contributed by atoms with Gasteiger partial charge in [0.15, 0.2) is 0 Å². The normalized spacial score (nSPS) is 12.6. The summed E-state index contributed by atoms with van der Waals surface area (Å²) in [4.78, 5) is 4.21. The van der Waals surface area contributed by atoms with E-state index in [1.807, 2.05) is 19.4 Å². The smallest absolute Gasteiger partial charge is 0.0410 e. The van der Waals surface area contributed by atoms with Crippen LogP contribution in [0.3, 0.4) is 0 Å². The SMILES string of the molecule is CNC(CCc1ccsc1)c1cncc(Br)c1. The van der Waals surface area contributed by atoms with Gasteiger partial charge in [0, 0.05) is 22.9 Å². The summed E-state index contributed by atoms with van der Waals surface area (Å²) in [7, 11) is 2.00. The van der Waals surface area contributed by atoms with Crippen LogP contribution in [0.5, 0.6) is 0 Å². The fourth-order valence-corrected chi connectivity index (χ4v) is 2.93. The fraction of sp³-hybridized carbons (Fsp3) is 0.308. The van der Waals surface area contributed by atoms with Gasteiger partial charge in [-0.25, -0.2) is 0 Å². The van der Waals surface area contributed by atoms with E-state index in [0.717, 1.165) is 17.3 Å². The van der Waals surface area contributed by atoms with E-state index in [1.165, 1.54) is 11.1 Å². The molecule has 0 saturated heterocycles. The minimum atomic E-state index is 0.361. The number of hydrogen-bond acceptors (Lipinski definition) is 3. The molecule has 2 heterocycles. The van der Waals surface area contributed by atoms with E-state index in [2.05, 4.69) is 49.1 Å². The van der Waals surface area contributed by atoms with Crippen molar-refractivity contribution in [3.05, 3.63) is 50.9 Å². The number of pyridine rings is 1. The van der Waals surface area contributed by atoms with Crippen LogP contribution < -0.4 is 5.32 Å². The zero-order valence-corrected chi connectivity index (χ0v) is 12.1. The number of halogens is 1. The number of aromatic nitrogens is 1. The number of hydrogen-bond donors (Lipinski definition) is 1. The zero-order chi connectivity index (χ0) is 12.1. The Morgan fingerprint density at radius 1 is 1.47 bits per heavy atom. The number of thiophene rings is 1. The van der Waals surface area contributed by atoms with Gasteiger partial charge in [-0.15, -0.1) is 0 Å². The number of nitrogens with zero attached hydrogens (tertiary/aromatic N) is 1. The molecule has 4 heteroatoms. The van der Waals surface area contributed by atoms with Crippen molar-refractivity contribution in [2.45, 2.75) is 18.9 Å². The van der Waals surface area contributed by atoms with E-state index in [4.69, 9.17) is 0 Å². The standard InChI is InChI=1S/C13H15BrN2S/c1-15-13(3-2-10-4-5-17-9-10)11-6-12(14)8-16-7-11/h4-9,13,15H,2-3H2,1H3. The second-order valence-corrected chi connectivity index (χ2v) is 5.64. The van der Waals surface area contributed by atoms with Crippen molar-refractivity contribution in [2.24, 2.45) is 0 Å². The summed E-state index contributed by atoms with van der Waals surface area (Å²) in [6.07, 6.45) is 5.93. The van der Waals surface area contributed by atoms with E-state index in [-0.39, 0.29) is 0 Å². The predicted octanol–water partition coefficient (Wildman–Crippen LogP) is 3.80. The molecule has 2 aromatic rings. The molecule has 0 saturated carbocycles. The molecular weight excluding hydrogens is 296 g/mol. The van der Waals surface area contributed by atoms with Crippen molar-refractivity contribution in [1.82, 2.24) is 10.3 Å². The summed E-state index contributed by atoms with van der Waals surface area (Å²) in [6, 6.07) is 4.68. The molecule has 1 N–H and O–H groups in total. The molecular formula is C13H15BrN2S. The predicted molar refractivity (Wildman–Crippen MR) is 76.4 cm³/mol. The molecule has 1 unspecified atom stereocenters. The quantitative estimate of drug-likeness (QED) is 0.908. The molecule has 0 aliphatic carbocycles. The Labute approximate surface area is 114 Å². The highest BCUT2D eigenvalue weighted by atomic mass is 79.9. The first-order valence-electron chi connectivity index (χ1n) is 5.58. The lowest BCUT2D eigenvalue weighted by atomic mass is 10.0. The summed E-state index contributed by atoms with van der Waals surface area (Å²) in [5, 5.41) is 7.69. The molecule has 2 aromatic heterocycles. The van der Waals surface area contributed by atoms with Crippen molar-refractivity contribution in [1.29, 1.82) is 0 Å². The van der Waals surface area contributed by atoms with Crippen LogP contribution >= 0.6 is 27.3 Å². The summed E-state index contributed by atoms with van der Waals surface area (Å²) < 4.78 is 1.03. The fourth-order valence-electron chi connectivity index (χ4n) is 1.84. The first kappa shape index (κ1) is 12.7. The van der Waals surface area contributed by atoms with Gasteiger partial charge in [0.1, 0.15) is 0 Å². The Morgan fingerprint density at radius 2 is 2.35 bits per heavy atom. The van der Waals surface area contributed by atoms with E-state index >= 15 is 0 Å². The van der Waals surface area contributed by atoms with Crippen LogP contribution in [0.15, 0.2) is 39.8 Å². The van der Waals surface area contributed by atoms with Gasteiger partial charge in [-0.2, -0.15) is 11.3 Å². The Morgan fingerprint density at radius 3 is 3.00 bits per heavy atom. The van der Waals surface area contributed by atoms with Crippen molar-refractivity contribution in [2.75, 3.05) is 7.05 Å². The first-order chi connectivity index (χ1) is 8.29. The topological polar surface area (TPSA) is 24.9 Å². The average Bonchev–Trinajstić information content (AvgIpc) is 2.83. The van der Waals surface area contributed by atoms with Gasteiger partial charge >= 0.3 is 0 Å². The third-order valence-corrected chi connectivity index (χ3v) is 3.94. The van der Waals surface area contributed by atoms with E-state index in [0.29, 0.717) is 6.04 Å². The van der Waals surface area contributed by atoms with E-state index in [1.54, 1.807) is 11.3 Å². The third kappa shape index (κ3) is 3.63. The van der Waals surface area contributed by atoms with Crippen molar-refractivity contribution < 1.29 is 0 Å². The van der Waals surface area contributed by atoms with Crippen molar-refractivity contribution in [3.8, 4) is 0 Å². The van der Waals surface area contributed by atoms with Crippen LogP contribution in [0, 0.1) is 0 Å². The van der Waals surface area contributed by atoms with Crippen LogP contribution in [0.1, 0.15) is 23.6 Å². The maximum atomic E-state index is 4.21. The second kappa shape index (κ2) is 6.28. The number of aryl methyl sites for hydroxylation is 1. The number of nitrogens with one attached hydrogen (secondary N) is 1. The minimum Gasteiger partial charge on any atom is -0.313 e. The Hall–Kier alpha value is -0.710. The lowest BCUT2D eigenvalue weighted by molar-refractivity contribution is 0.547. The molecule has 0 bridgehead atoms. The second-order valence-electron chi connectivity index (χ2n) is 3.95. The summed E-state index contributed by atoms with van der Waals surface area (Å²) >= 11 is 5.22. The third-order valence-electron chi connectivity index (χ3n) is 2.78. The first-order valence-corrected chi connectivity index (χ1v) is 7.32. The minimum absolute atomic E-state index is 0.361. The highest BCUT2D eigenvalue weighted by Gasteiger charge is 2.10. The maximum absolute atomic E-state index is 4.21. The van der Waals surface area contributed by atoms with E-state index < -0.39 is 0 Å². The zero-order valence-electron chi connectivity index (χ0n) is 9.69. The van der Waals surface area contributed by atoms with Gasteiger partial charge in [0.2, 0.25) is 0 Å². The highest BCUT2D eigenvalue weighted by molar-refractivity contribution is 9.10. The maximum Gasteiger partial charge on any atom is 0.0410 e. The van der Waals surface area contributed by atoms with Crippen molar-refractivity contribution >= 4 is 27.3 Å². The molecule has 0 aliphatic rings. The van der Waals surface area contributed by atoms with Gasteiger partial charge < -0.3 is 5.32 Å². The van der Waals surface area contributed by atoms with Gasteiger partial charge in [0.05, 0.1) is 0 Å². The molecule has 0 aromatic carbocycles. The highest BCUT2D eigenvalue weighted by Crippen LogP contribution is 2.21. The molecule has 2 nitrogen and oxygen atoms in total. The van der Waals surface area contributed by atoms with Gasteiger partial charge in [-0.05, 0) is 69.8 Å². The van der Waals surface area contributed by atoms with E-state index in [9.17, 15) is 0 Å². The van der Waals surface area contributed by atoms with Crippen LogP contribution in [-0.4, -0.2) is 12.0 Å². The molecule has 0 fully saturated rings. The van der Waals surface area contributed by atoms with Crippen LogP contribution in [0.4, 0.5) is 0 Å². The van der Waals surface area contributed by atoms with Gasteiger partial charge in [-0.3, -0.25) is 4.98 Å². The van der Waals surface area contributed by atoms with Gasteiger partial charge in [0.25, 0.3) is 0 Å². The average molecular weight is 311 g/mol. The monoisotopic (exact) mass is 310 g/mol. The molecule has 1 atom stereocenters. The molecule has 90 valence electrons. The summed E-state index contributed by atoms with van der Waals surface area (Å²) in [6.45, 7) is 0. The van der Waals surface area contributed by atoms with Gasteiger partial charge in [-0.1, -0.05) is 0 Å². The molecule has 0 amide bonds. The Balaban J connectivity index is 2.01. The Bertz CT molecular complexity index is 456. The lowest BCUT2D eigenvalue weighted by Crippen LogP contribution is -2.17. The van der Waals surface area contributed by atoms with Crippen LogP contribution in [0.2, 0.25) is 0 Å². The number of rotatable bonds is 5. The summed E-state index contributed by atoms with van der Waals surface area (Å²) in [5.41, 5.74) is 2.65. The molecule has 17 heavy (non-hydrogen) atoms. The van der Waals surface area contributed by atoms with Crippen LogP contribution in [0.25, 0.3) is 0 Å². The van der Waals surface area contributed by atoms with Crippen molar-refractivity contribution in [3.63, 3.8) is 0 Å². The lowest BCUT2D eigenvalue weighted by Gasteiger charge is -2.16.